The van der Waals surface area contributed by atoms with Crippen molar-refractivity contribution in [3.8, 4) is 0 Å². The number of fused-ring (bicyclic) bond motifs is 4. The molecule has 0 atom stereocenters. The van der Waals surface area contributed by atoms with Crippen LogP contribution in [-0.4, -0.2) is 23.0 Å². The topological polar surface area (TPSA) is 23.6 Å². The number of hydrazine groups is 1. The first-order chi connectivity index (χ1) is 12.8. The van der Waals surface area contributed by atoms with Crippen molar-refractivity contribution in [2.45, 2.75) is 44.1 Å². The van der Waals surface area contributed by atoms with Crippen molar-refractivity contribution in [2.24, 2.45) is 0 Å². The average Bonchev–Trinajstić information content (AvgIpc) is 3.05. The SMILES string of the molecule is O=C1CCN2c3ccccc3C(c3ccccc3)=CC3(CCCCC3)N12. The first kappa shape index (κ1) is 15.7. The predicted octanol–water partition coefficient (Wildman–Crippen LogP) is 4.79. The maximum atomic E-state index is 12.9. The lowest BCUT2D eigenvalue weighted by Crippen LogP contribution is -2.55. The molecule has 1 saturated heterocycles. The minimum Gasteiger partial charge on any atom is -0.281 e. The highest BCUT2D eigenvalue weighted by Crippen LogP contribution is 2.47. The van der Waals surface area contributed by atoms with E-state index >= 15 is 0 Å². The van der Waals surface area contributed by atoms with Gasteiger partial charge in [0.25, 0.3) is 0 Å². The highest BCUT2D eigenvalue weighted by Gasteiger charge is 2.47. The Bertz CT molecular complexity index is 865. The minimum atomic E-state index is -0.184. The van der Waals surface area contributed by atoms with Crippen LogP contribution in [0.4, 0.5) is 5.69 Å². The van der Waals surface area contributed by atoms with Crippen LogP contribution in [-0.2, 0) is 4.79 Å². The lowest BCUT2D eigenvalue weighted by Gasteiger charge is -2.46. The standard InChI is InChI=1S/C23H24N2O/c26-22-13-16-24-21-12-6-5-11-19(21)20(18-9-3-1-4-10-18)17-23(25(22)24)14-7-2-8-15-23/h1,3-6,9-12,17H,2,7-8,13-16H2. The summed E-state index contributed by atoms with van der Waals surface area (Å²) in [6.45, 7) is 0.785. The molecule has 2 heterocycles. The molecular formula is C23H24N2O. The van der Waals surface area contributed by atoms with Gasteiger partial charge in [-0.1, -0.05) is 67.8 Å². The van der Waals surface area contributed by atoms with Crippen LogP contribution in [0.5, 0.6) is 0 Å². The molecule has 0 aromatic heterocycles. The highest BCUT2D eigenvalue weighted by atomic mass is 16.2. The van der Waals surface area contributed by atoms with E-state index in [2.05, 4.69) is 70.7 Å². The lowest BCUT2D eigenvalue weighted by molar-refractivity contribution is -0.133. The lowest BCUT2D eigenvalue weighted by atomic mass is 9.78. The monoisotopic (exact) mass is 344 g/mol. The molecule has 1 aliphatic carbocycles. The van der Waals surface area contributed by atoms with E-state index in [0.29, 0.717) is 6.42 Å². The second kappa shape index (κ2) is 6.01. The van der Waals surface area contributed by atoms with Gasteiger partial charge in [-0.05, 0) is 36.1 Å². The summed E-state index contributed by atoms with van der Waals surface area (Å²) in [6.07, 6.45) is 8.79. The quantitative estimate of drug-likeness (QED) is 0.743. The van der Waals surface area contributed by atoms with E-state index in [1.165, 1.54) is 36.0 Å². The van der Waals surface area contributed by atoms with Gasteiger partial charge in [-0.2, -0.15) is 0 Å². The summed E-state index contributed by atoms with van der Waals surface area (Å²) in [5.74, 6) is 0.271. The molecule has 26 heavy (non-hydrogen) atoms. The fraction of sp³-hybridized carbons (Fsp3) is 0.348. The molecule has 2 aliphatic heterocycles. The van der Waals surface area contributed by atoms with Crippen LogP contribution in [0.1, 0.15) is 49.7 Å². The van der Waals surface area contributed by atoms with Crippen LogP contribution in [0.25, 0.3) is 5.57 Å². The second-order valence-electron chi connectivity index (χ2n) is 7.68. The summed E-state index contributed by atoms with van der Waals surface area (Å²) >= 11 is 0. The Morgan fingerprint density at radius 1 is 0.846 bits per heavy atom. The molecule has 1 spiro atoms. The third kappa shape index (κ3) is 2.30. The zero-order valence-corrected chi connectivity index (χ0v) is 15.0. The first-order valence-corrected chi connectivity index (χ1v) is 9.77. The molecule has 0 radical (unpaired) electrons. The normalized spacial score (nSPS) is 21.2. The molecule has 3 nitrogen and oxygen atoms in total. The Hall–Kier alpha value is -2.55. The van der Waals surface area contributed by atoms with Gasteiger partial charge in [-0.25, -0.2) is 5.01 Å². The summed E-state index contributed by atoms with van der Waals surface area (Å²) < 4.78 is 0. The molecule has 0 unspecified atom stereocenters. The molecule has 3 heteroatoms. The molecule has 5 rings (SSSR count). The Morgan fingerprint density at radius 3 is 2.38 bits per heavy atom. The van der Waals surface area contributed by atoms with Gasteiger partial charge < -0.3 is 0 Å². The van der Waals surface area contributed by atoms with Crippen LogP contribution in [0, 0.1) is 0 Å². The van der Waals surface area contributed by atoms with Crippen molar-refractivity contribution in [1.82, 2.24) is 5.01 Å². The van der Waals surface area contributed by atoms with Crippen LogP contribution >= 0.6 is 0 Å². The molecule has 2 aromatic rings. The number of rotatable bonds is 1. The van der Waals surface area contributed by atoms with Crippen molar-refractivity contribution >= 4 is 17.2 Å². The van der Waals surface area contributed by atoms with E-state index in [1.807, 2.05) is 0 Å². The number of anilines is 1. The van der Waals surface area contributed by atoms with Crippen molar-refractivity contribution in [1.29, 1.82) is 0 Å². The fourth-order valence-electron chi connectivity index (χ4n) is 4.97. The number of para-hydroxylation sites is 1. The summed E-state index contributed by atoms with van der Waals surface area (Å²) in [5.41, 5.74) is 4.72. The molecule has 132 valence electrons. The van der Waals surface area contributed by atoms with E-state index in [9.17, 15) is 4.79 Å². The van der Waals surface area contributed by atoms with Gasteiger partial charge in [0, 0.05) is 18.5 Å². The van der Waals surface area contributed by atoms with E-state index in [0.717, 1.165) is 25.1 Å². The maximum Gasteiger partial charge on any atom is 0.243 e. The summed E-state index contributed by atoms with van der Waals surface area (Å²) in [5, 5.41) is 4.37. The molecule has 3 aliphatic rings. The molecule has 1 amide bonds. The third-order valence-electron chi connectivity index (χ3n) is 6.13. The van der Waals surface area contributed by atoms with Gasteiger partial charge in [0.2, 0.25) is 5.91 Å². The molecule has 2 aromatic carbocycles. The summed E-state index contributed by atoms with van der Waals surface area (Å²) in [7, 11) is 0. The average molecular weight is 344 g/mol. The number of benzene rings is 2. The molecule has 0 N–H and O–H groups in total. The summed E-state index contributed by atoms with van der Waals surface area (Å²) in [4.78, 5) is 12.9. The predicted molar refractivity (Wildman–Crippen MR) is 105 cm³/mol. The fourth-order valence-corrected chi connectivity index (χ4v) is 4.97. The molecule has 1 saturated carbocycles. The number of carbonyl (C=O) groups is 1. The zero-order valence-electron chi connectivity index (χ0n) is 15.0. The minimum absolute atomic E-state index is 0.184. The van der Waals surface area contributed by atoms with Gasteiger partial charge in [0.05, 0.1) is 11.2 Å². The van der Waals surface area contributed by atoms with Crippen LogP contribution in [0.15, 0.2) is 60.7 Å². The van der Waals surface area contributed by atoms with Crippen molar-refractivity contribution < 1.29 is 4.79 Å². The number of hydrogen-bond donors (Lipinski definition) is 0. The Balaban J connectivity index is 1.78. The van der Waals surface area contributed by atoms with E-state index in [1.54, 1.807) is 0 Å². The number of nitrogens with zero attached hydrogens (tertiary/aromatic N) is 2. The number of hydrogen-bond acceptors (Lipinski definition) is 2. The van der Waals surface area contributed by atoms with Gasteiger partial charge in [-0.3, -0.25) is 9.80 Å². The van der Waals surface area contributed by atoms with Crippen molar-refractivity contribution in [2.75, 3.05) is 11.6 Å². The Morgan fingerprint density at radius 2 is 1.58 bits per heavy atom. The van der Waals surface area contributed by atoms with Crippen LogP contribution in [0.3, 0.4) is 0 Å². The smallest absolute Gasteiger partial charge is 0.243 e. The van der Waals surface area contributed by atoms with E-state index < -0.39 is 0 Å². The van der Waals surface area contributed by atoms with E-state index in [4.69, 9.17) is 0 Å². The Kier molecular flexibility index (Phi) is 3.63. The first-order valence-electron chi connectivity index (χ1n) is 9.77. The third-order valence-corrected chi connectivity index (χ3v) is 6.13. The number of amides is 1. The molecular weight excluding hydrogens is 320 g/mol. The zero-order chi connectivity index (χ0) is 17.6. The van der Waals surface area contributed by atoms with Gasteiger partial charge >= 0.3 is 0 Å². The van der Waals surface area contributed by atoms with Crippen molar-refractivity contribution in [3.63, 3.8) is 0 Å². The highest BCUT2D eigenvalue weighted by molar-refractivity contribution is 5.92. The van der Waals surface area contributed by atoms with Crippen molar-refractivity contribution in [3.05, 3.63) is 71.8 Å². The molecule has 2 fully saturated rings. The van der Waals surface area contributed by atoms with Gasteiger partial charge in [0.1, 0.15) is 0 Å². The molecule has 0 bridgehead atoms. The van der Waals surface area contributed by atoms with Crippen LogP contribution in [0.2, 0.25) is 0 Å². The van der Waals surface area contributed by atoms with Gasteiger partial charge in [0.15, 0.2) is 0 Å². The summed E-state index contributed by atoms with van der Waals surface area (Å²) in [6, 6.07) is 19.2. The maximum absolute atomic E-state index is 12.9. The van der Waals surface area contributed by atoms with Crippen LogP contribution < -0.4 is 5.01 Å². The van der Waals surface area contributed by atoms with E-state index in [-0.39, 0.29) is 11.4 Å². The number of carbonyl (C=O) groups excluding carboxylic acids is 1. The largest absolute Gasteiger partial charge is 0.281 e. The van der Waals surface area contributed by atoms with Gasteiger partial charge in [-0.15, -0.1) is 0 Å². The second-order valence-corrected chi connectivity index (χ2v) is 7.68. The Labute approximate surface area is 154 Å².